The van der Waals surface area contributed by atoms with Gasteiger partial charge in [-0.1, -0.05) is 19.9 Å². The van der Waals surface area contributed by atoms with Crippen molar-refractivity contribution in [1.29, 1.82) is 0 Å². The summed E-state index contributed by atoms with van der Waals surface area (Å²) in [6.45, 7) is 4.14. The molecule has 0 amide bonds. The molecule has 0 bridgehead atoms. The van der Waals surface area contributed by atoms with Crippen LogP contribution >= 0.6 is 0 Å². The summed E-state index contributed by atoms with van der Waals surface area (Å²) in [6, 6.07) is 4.49. The molecule has 0 unspecified atom stereocenters. The third-order valence-electron chi connectivity index (χ3n) is 2.78. The Balaban J connectivity index is 2.90. The first-order valence-electron chi connectivity index (χ1n) is 6.24. The van der Waals surface area contributed by atoms with Crippen molar-refractivity contribution < 1.29 is 17.5 Å². The van der Waals surface area contributed by atoms with E-state index in [2.05, 4.69) is 0 Å². The Hall–Kier alpha value is -1.14. The van der Waals surface area contributed by atoms with Crippen LogP contribution in [0, 0.1) is 5.82 Å². The highest BCUT2D eigenvalue weighted by Gasteiger charge is 2.19. The Kier molecular flexibility index (Phi) is 5.75. The first-order chi connectivity index (χ1) is 8.94. The fourth-order valence-electron chi connectivity index (χ4n) is 1.81. The highest BCUT2D eigenvalue weighted by molar-refractivity contribution is 7.89. The predicted molar refractivity (Wildman–Crippen MR) is 73.1 cm³/mol. The standard InChI is InChI=1S/C13H20FNO3S/c1-4-8-19(16,17)15(5-2)10-11-6-7-13(18-3)12(14)9-11/h6-7,9H,4-5,8,10H2,1-3H3. The molecule has 1 aromatic rings. The van der Waals surface area contributed by atoms with Gasteiger partial charge in [0.1, 0.15) is 0 Å². The van der Waals surface area contributed by atoms with Gasteiger partial charge in [0, 0.05) is 13.1 Å². The first kappa shape index (κ1) is 15.9. The highest BCUT2D eigenvalue weighted by Crippen LogP contribution is 2.19. The Labute approximate surface area is 114 Å². The molecular formula is C13H20FNO3S. The van der Waals surface area contributed by atoms with Crippen LogP contribution in [0.5, 0.6) is 5.75 Å². The molecule has 0 radical (unpaired) electrons. The minimum absolute atomic E-state index is 0.111. The molecular weight excluding hydrogens is 269 g/mol. The van der Waals surface area contributed by atoms with E-state index in [4.69, 9.17) is 4.74 Å². The minimum atomic E-state index is -3.27. The van der Waals surface area contributed by atoms with Gasteiger partial charge in [0.05, 0.1) is 12.9 Å². The molecule has 0 spiro atoms. The molecule has 4 nitrogen and oxygen atoms in total. The lowest BCUT2D eigenvalue weighted by atomic mass is 10.2. The van der Waals surface area contributed by atoms with Crippen LogP contribution in [-0.2, 0) is 16.6 Å². The van der Waals surface area contributed by atoms with Crippen LogP contribution in [0.4, 0.5) is 4.39 Å². The van der Waals surface area contributed by atoms with E-state index >= 15 is 0 Å². The van der Waals surface area contributed by atoms with Gasteiger partial charge < -0.3 is 4.74 Å². The normalized spacial score (nSPS) is 11.8. The number of sulfonamides is 1. The fourth-order valence-corrected chi connectivity index (χ4v) is 3.32. The van der Waals surface area contributed by atoms with Crippen LogP contribution in [-0.4, -0.2) is 32.1 Å². The van der Waals surface area contributed by atoms with Gasteiger partial charge in [0.2, 0.25) is 10.0 Å². The molecule has 0 saturated carbocycles. The van der Waals surface area contributed by atoms with E-state index in [9.17, 15) is 12.8 Å². The molecule has 0 heterocycles. The van der Waals surface area contributed by atoms with E-state index in [1.807, 2.05) is 6.92 Å². The Morgan fingerprint density at radius 3 is 2.47 bits per heavy atom. The fraction of sp³-hybridized carbons (Fsp3) is 0.538. The maximum Gasteiger partial charge on any atom is 0.214 e. The van der Waals surface area contributed by atoms with E-state index in [-0.39, 0.29) is 18.0 Å². The van der Waals surface area contributed by atoms with Gasteiger partial charge in [0.15, 0.2) is 11.6 Å². The molecule has 0 aliphatic carbocycles. The maximum atomic E-state index is 13.6. The Morgan fingerprint density at radius 1 is 1.32 bits per heavy atom. The number of hydrogen-bond donors (Lipinski definition) is 0. The van der Waals surface area contributed by atoms with Crippen LogP contribution in [0.25, 0.3) is 0 Å². The lowest BCUT2D eigenvalue weighted by molar-refractivity contribution is 0.384. The quantitative estimate of drug-likeness (QED) is 0.774. The zero-order valence-electron chi connectivity index (χ0n) is 11.5. The zero-order chi connectivity index (χ0) is 14.5. The summed E-state index contributed by atoms with van der Waals surface area (Å²) in [5.74, 6) is -0.216. The summed E-state index contributed by atoms with van der Waals surface area (Å²) in [4.78, 5) is 0. The second-order valence-corrected chi connectivity index (χ2v) is 6.30. The third kappa shape index (κ3) is 4.18. The van der Waals surface area contributed by atoms with E-state index in [0.717, 1.165) is 0 Å². The van der Waals surface area contributed by atoms with Gasteiger partial charge in [0.25, 0.3) is 0 Å². The minimum Gasteiger partial charge on any atom is -0.494 e. The average Bonchev–Trinajstić information content (AvgIpc) is 2.35. The van der Waals surface area contributed by atoms with Gasteiger partial charge in [-0.05, 0) is 24.1 Å². The summed E-state index contributed by atoms with van der Waals surface area (Å²) < 4.78 is 43.7. The van der Waals surface area contributed by atoms with Crippen LogP contribution in [0.15, 0.2) is 18.2 Å². The SMILES string of the molecule is CCCS(=O)(=O)N(CC)Cc1ccc(OC)c(F)c1. The Bertz CT molecular complexity index is 517. The molecule has 0 aromatic heterocycles. The van der Waals surface area contributed by atoms with E-state index in [1.165, 1.54) is 23.5 Å². The number of rotatable bonds is 7. The molecule has 0 aliphatic heterocycles. The van der Waals surface area contributed by atoms with Gasteiger partial charge in [-0.15, -0.1) is 0 Å². The predicted octanol–water partition coefficient (Wildman–Crippen LogP) is 2.40. The number of hydrogen-bond acceptors (Lipinski definition) is 3. The van der Waals surface area contributed by atoms with Crippen molar-refractivity contribution in [1.82, 2.24) is 4.31 Å². The number of ether oxygens (including phenoxy) is 1. The largest absolute Gasteiger partial charge is 0.494 e. The molecule has 0 aliphatic rings. The molecule has 0 fully saturated rings. The van der Waals surface area contributed by atoms with Crippen molar-refractivity contribution >= 4 is 10.0 Å². The van der Waals surface area contributed by atoms with Crippen molar-refractivity contribution in [3.8, 4) is 5.75 Å². The smallest absolute Gasteiger partial charge is 0.214 e. The summed E-state index contributed by atoms with van der Waals surface area (Å²) in [6.07, 6.45) is 0.565. The van der Waals surface area contributed by atoms with Crippen LogP contribution < -0.4 is 4.74 Å². The number of nitrogens with zero attached hydrogens (tertiary/aromatic N) is 1. The molecule has 1 rings (SSSR count). The third-order valence-corrected chi connectivity index (χ3v) is 4.88. The van der Waals surface area contributed by atoms with Crippen molar-refractivity contribution in [2.24, 2.45) is 0 Å². The Morgan fingerprint density at radius 2 is 2.00 bits per heavy atom. The molecule has 0 N–H and O–H groups in total. The first-order valence-corrected chi connectivity index (χ1v) is 7.85. The monoisotopic (exact) mass is 289 g/mol. The van der Waals surface area contributed by atoms with Crippen molar-refractivity contribution in [3.63, 3.8) is 0 Å². The van der Waals surface area contributed by atoms with Crippen molar-refractivity contribution in [2.45, 2.75) is 26.8 Å². The number of halogens is 1. The number of benzene rings is 1. The summed E-state index contributed by atoms with van der Waals surface area (Å²) >= 11 is 0. The van der Waals surface area contributed by atoms with Crippen molar-refractivity contribution in [2.75, 3.05) is 19.4 Å². The molecule has 108 valence electrons. The lowest BCUT2D eigenvalue weighted by Gasteiger charge is -2.20. The second-order valence-electron chi connectivity index (χ2n) is 4.21. The van der Waals surface area contributed by atoms with Gasteiger partial charge in [-0.3, -0.25) is 0 Å². The van der Waals surface area contributed by atoms with Crippen LogP contribution in [0.2, 0.25) is 0 Å². The zero-order valence-corrected chi connectivity index (χ0v) is 12.3. The lowest BCUT2D eigenvalue weighted by Crippen LogP contribution is -2.32. The molecule has 1 aromatic carbocycles. The van der Waals surface area contributed by atoms with E-state index < -0.39 is 15.8 Å². The highest BCUT2D eigenvalue weighted by atomic mass is 32.2. The maximum absolute atomic E-state index is 13.6. The molecule has 6 heteroatoms. The molecule has 0 saturated heterocycles. The van der Waals surface area contributed by atoms with Crippen LogP contribution in [0.3, 0.4) is 0 Å². The van der Waals surface area contributed by atoms with E-state index in [1.54, 1.807) is 13.0 Å². The van der Waals surface area contributed by atoms with Gasteiger partial charge in [-0.2, -0.15) is 4.31 Å². The van der Waals surface area contributed by atoms with E-state index in [0.29, 0.717) is 18.5 Å². The summed E-state index contributed by atoms with van der Waals surface area (Å²) in [7, 11) is -1.88. The molecule has 0 atom stereocenters. The van der Waals surface area contributed by atoms with Crippen LogP contribution in [0.1, 0.15) is 25.8 Å². The number of methoxy groups -OCH3 is 1. The van der Waals surface area contributed by atoms with Crippen molar-refractivity contribution in [3.05, 3.63) is 29.6 Å². The van der Waals surface area contributed by atoms with Gasteiger partial charge >= 0.3 is 0 Å². The van der Waals surface area contributed by atoms with Gasteiger partial charge in [-0.25, -0.2) is 12.8 Å². The second kappa shape index (κ2) is 6.86. The topological polar surface area (TPSA) is 46.6 Å². The summed E-state index contributed by atoms with van der Waals surface area (Å²) in [5.41, 5.74) is 0.611. The summed E-state index contributed by atoms with van der Waals surface area (Å²) in [5, 5.41) is 0. The average molecular weight is 289 g/mol. The molecule has 19 heavy (non-hydrogen) atoms.